The number of aliphatic carboxylic acids is 1. The first kappa shape index (κ1) is 19.8. The Kier molecular flexibility index (Phi) is 6.49. The number of aromatic nitrogens is 1. The summed E-state index contributed by atoms with van der Waals surface area (Å²) in [5.74, 6) is -0.800. The van der Waals surface area contributed by atoms with Gasteiger partial charge in [-0.25, -0.2) is 9.78 Å². The monoisotopic (exact) mass is 406 g/mol. The van der Waals surface area contributed by atoms with Crippen molar-refractivity contribution >= 4 is 50.3 Å². The van der Waals surface area contributed by atoms with E-state index in [2.05, 4.69) is 10.3 Å². The molecule has 1 aliphatic rings. The fourth-order valence-electron chi connectivity index (χ4n) is 2.90. The molecule has 0 saturated heterocycles. The molecule has 8 heteroatoms. The molecule has 0 unspecified atom stereocenters. The summed E-state index contributed by atoms with van der Waals surface area (Å²) in [7, 11) is 0. The number of hydrogen-bond acceptors (Lipinski definition) is 6. The van der Waals surface area contributed by atoms with E-state index in [1.165, 1.54) is 18.3 Å². The molecule has 1 fully saturated rings. The summed E-state index contributed by atoms with van der Waals surface area (Å²) in [6, 6.07) is 6.60. The zero-order valence-electron chi connectivity index (χ0n) is 15.0. The van der Waals surface area contributed by atoms with Crippen LogP contribution in [0, 0.1) is 11.8 Å². The van der Waals surface area contributed by atoms with Gasteiger partial charge in [0.25, 0.3) is 0 Å². The maximum atomic E-state index is 12.7. The van der Waals surface area contributed by atoms with Crippen molar-refractivity contribution in [2.24, 2.45) is 11.8 Å². The second-order valence-corrected chi connectivity index (χ2v) is 9.17. The Morgan fingerprint density at radius 3 is 2.70 bits per heavy atom. The van der Waals surface area contributed by atoms with Crippen LogP contribution < -0.4 is 5.32 Å². The van der Waals surface area contributed by atoms with E-state index >= 15 is 0 Å². The molecule has 1 aromatic carbocycles. The molecule has 1 saturated carbocycles. The second-order valence-electron chi connectivity index (χ2n) is 6.86. The summed E-state index contributed by atoms with van der Waals surface area (Å²) >= 11 is 2.56. The molecule has 2 aromatic rings. The standard InChI is InChI=1S/C19H22N2O4S2/c1-11(22)26-10-13(8-12-6-7-12)18(23)21-15(19(24)25)9-17-20-14-4-2-3-5-16(14)27-17/h2-5,12-13,15H,6-10H2,1H3,(H,21,23)(H,24,25)/t13-,15+/m1/s1. The van der Waals surface area contributed by atoms with Gasteiger partial charge in [0.2, 0.25) is 5.91 Å². The van der Waals surface area contributed by atoms with Crippen LogP contribution in [0.15, 0.2) is 24.3 Å². The summed E-state index contributed by atoms with van der Waals surface area (Å²) in [6.45, 7) is 1.48. The highest BCUT2D eigenvalue weighted by Crippen LogP contribution is 2.36. The Morgan fingerprint density at radius 1 is 1.33 bits per heavy atom. The molecular weight excluding hydrogens is 384 g/mol. The molecule has 27 heavy (non-hydrogen) atoms. The van der Waals surface area contributed by atoms with Crippen molar-refractivity contribution in [1.29, 1.82) is 0 Å². The zero-order valence-corrected chi connectivity index (χ0v) is 16.6. The van der Waals surface area contributed by atoms with Gasteiger partial charge in [0.1, 0.15) is 6.04 Å². The van der Waals surface area contributed by atoms with E-state index in [1.54, 1.807) is 0 Å². The average Bonchev–Trinajstić information content (AvgIpc) is 3.34. The molecule has 1 amide bonds. The van der Waals surface area contributed by atoms with Crippen molar-refractivity contribution in [1.82, 2.24) is 10.3 Å². The molecule has 0 radical (unpaired) electrons. The number of nitrogens with zero attached hydrogens (tertiary/aromatic N) is 1. The number of carboxylic acids is 1. The Bertz CT molecular complexity index is 814. The van der Waals surface area contributed by atoms with Gasteiger partial charge in [-0.1, -0.05) is 36.7 Å². The van der Waals surface area contributed by atoms with Crippen LogP contribution in [0.1, 0.15) is 31.2 Å². The molecule has 1 heterocycles. The van der Waals surface area contributed by atoms with E-state index < -0.39 is 12.0 Å². The van der Waals surface area contributed by atoms with E-state index in [4.69, 9.17) is 0 Å². The molecule has 1 aromatic heterocycles. The van der Waals surface area contributed by atoms with Gasteiger partial charge < -0.3 is 10.4 Å². The van der Waals surface area contributed by atoms with Gasteiger partial charge in [0.15, 0.2) is 5.12 Å². The fraction of sp³-hybridized carbons (Fsp3) is 0.474. The van der Waals surface area contributed by atoms with Gasteiger partial charge in [-0.2, -0.15) is 0 Å². The first-order valence-electron chi connectivity index (χ1n) is 8.93. The third-order valence-electron chi connectivity index (χ3n) is 4.50. The van der Waals surface area contributed by atoms with Gasteiger partial charge in [-0.05, 0) is 24.5 Å². The summed E-state index contributed by atoms with van der Waals surface area (Å²) in [4.78, 5) is 40.1. The van der Waals surface area contributed by atoms with E-state index in [0.29, 0.717) is 23.1 Å². The van der Waals surface area contributed by atoms with Crippen LogP contribution in [0.5, 0.6) is 0 Å². The summed E-state index contributed by atoms with van der Waals surface area (Å²) < 4.78 is 0.993. The third kappa shape index (κ3) is 5.77. The lowest BCUT2D eigenvalue weighted by molar-refractivity contribution is -0.142. The largest absolute Gasteiger partial charge is 0.480 e. The number of fused-ring (bicyclic) bond motifs is 1. The topological polar surface area (TPSA) is 96.4 Å². The lowest BCUT2D eigenvalue weighted by atomic mass is 10.0. The number of carboxylic acid groups (broad SMARTS) is 1. The summed E-state index contributed by atoms with van der Waals surface area (Å²) in [5.41, 5.74) is 0.831. The number of nitrogens with one attached hydrogen (secondary N) is 1. The lowest BCUT2D eigenvalue weighted by Crippen LogP contribution is -2.45. The number of benzene rings is 1. The number of rotatable bonds is 9. The first-order valence-corrected chi connectivity index (χ1v) is 10.7. The van der Waals surface area contributed by atoms with Crippen LogP contribution in [0.25, 0.3) is 10.2 Å². The van der Waals surface area contributed by atoms with Crippen LogP contribution in [0.4, 0.5) is 0 Å². The molecule has 1 aliphatic carbocycles. The van der Waals surface area contributed by atoms with Gasteiger partial charge in [-0.15, -0.1) is 11.3 Å². The molecule has 144 valence electrons. The number of amides is 1. The highest BCUT2D eigenvalue weighted by atomic mass is 32.2. The van der Waals surface area contributed by atoms with Crippen LogP contribution in [-0.2, 0) is 20.8 Å². The Morgan fingerprint density at radius 2 is 2.07 bits per heavy atom. The molecule has 2 atom stereocenters. The van der Waals surface area contributed by atoms with E-state index in [9.17, 15) is 19.5 Å². The lowest BCUT2D eigenvalue weighted by Gasteiger charge is -2.19. The SMILES string of the molecule is CC(=O)SC[C@@H](CC1CC1)C(=O)N[C@@H](Cc1nc2ccccc2s1)C(=O)O. The predicted molar refractivity (Wildman–Crippen MR) is 107 cm³/mol. The number of carbonyl (C=O) groups is 3. The maximum Gasteiger partial charge on any atom is 0.326 e. The minimum atomic E-state index is -1.08. The quantitative estimate of drug-likeness (QED) is 0.664. The number of carbonyl (C=O) groups excluding carboxylic acids is 2. The Balaban J connectivity index is 1.66. The highest BCUT2D eigenvalue weighted by molar-refractivity contribution is 8.13. The highest BCUT2D eigenvalue weighted by Gasteiger charge is 2.32. The van der Waals surface area contributed by atoms with Gasteiger partial charge >= 0.3 is 5.97 Å². The van der Waals surface area contributed by atoms with Gasteiger partial charge in [-0.3, -0.25) is 9.59 Å². The summed E-state index contributed by atoms with van der Waals surface area (Å²) in [5, 5.41) is 12.9. The fourth-order valence-corrected chi connectivity index (χ4v) is 4.63. The van der Waals surface area contributed by atoms with E-state index in [1.807, 2.05) is 24.3 Å². The zero-order chi connectivity index (χ0) is 19.4. The third-order valence-corrected chi connectivity index (χ3v) is 6.54. The van der Waals surface area contributed by atoms with Crippen molar-refractivity contribution in [3.05, 3.63) is 29.3 Å². The smallest absolute Gasteiger partial charge is 0.326 e. The van der Waals surface area contributed by atoms with Crippen LogP contribution in [-0.4, -0.2) is 38.9 Å². The van der Waals surface area contributed by atoms with Crippen LogP contribution in [0.3, 0.4) is 0 Å². The van der Waals surface area contributed by atoms with Crippen molar-refractivity contribution in [3.63, 3.8) is 0 Å². The van der Waals surface area contributed by atoms with Crippen molar-refractivity contribution in [2.75, 3.05) is 5.75 Å². The van der Waals surface area contributed by atoms with E-state index in [0.717, 1.165) is 34.8 Å². The molecule has 0 spiro atoms. The first-order chi connectivity index (χ1) is 12.9. The maximum absolute atomic E-state index is 12.7. The molecule has 0 bridgehead atoms. The minimum Gasteiger partial charge on any atom is -0.480 e. The van der Waals surface area contributed by atoms with Crippen molar-refractivity contribution in [3.8, 4) is 0 Å². The average molecular weight is 407 g/mol. The predicted octanol–water partition coefficient (Wildman–Crippen LogP) is 3.10. The second kappa shape index (κ2) is 8.84. The summed E-state index contributed by atoms with van der Waals surface area (Å²) in [6.07, 6.45) is 3.06. The van der Waals surface area contributed by atoms with Crippen LogP contribution in [0.2, 0.25) is 0 Å². The molecule has 3 rings (SSSR count). The molecule has 2 N–H and O–H groups in total. The van der Waals surface area contributed by atoms with Crippen LogP contribution >= 0.6 is 23.1 Å². The van der Waals surface area contributed by atoms with Crippen molar-refractivity contribution < 1.29 is 19.5 Å². The molecule has 0 aliphatic heterocycles. The normalized spacial score (nSPS) is 16.0. The van der Waals surface area contributed by atoms with E-state index in [-0.39, 0.29) is 23.4 Å². The van der Waals surface area contributed by atoms with Gasteiger partial charge in [0.05, 0.1) is 15.2 Å². The number of hydrogen-bond donors (Lipinski definition) is 2. The number of para-hydroxylation sites is 1. The Hall–Kier alpha value is -1.93. The minimum absolute atomic E-state index is 0.0344. The number of thioether (sulfide) groups is 1. The van der Waals surface area contributed by atoms with Gasteiger partial charge in [0, 0.05) is 25.0 Å². The molecule has 6 nitrogen and oxygen atoms in total. The van der Waals surface area contributed by atoms with Crippen molar-refractivity contribution in [2.45, 2.75) is 38.6 Å². The Labute approximate surface area is 165 Å². The molecular formula is C19H22N2O4S2. The number of thiazole rings is 1.